The van der Waals surface area contributed by atoms with Gasteiger partial charge in [0.05, 0.1) is 0 Å². The van der Waals surface area contributed by atoms with E-state index in [0.29, 0.717) is 0 Å². The number of H-pyrrole nitrogens is 1. The zero-order valence-electron chi connectivity index (χ0n) is 5.57. The first-order valence-corrected chi connectivity index (χ1v) is 3.65. The summed E-state index contributed by atoms with van der Waals surface area (Å²) in [6.07, 6.45) is -4.43. The summed E-state index contributed by atoms with van der Waals surface area (Å²) in [6.45, 7) is 0. The maximum Gasteiger partial charge on any atom is 0.431 e. The van der Waals surface area contributed by atoms with Crippen LogP contribution in [0.2, 0.25) is 5.02 Å². The van der Waals surface area contributed by atoms with Crippen LogP contribution in [-0.2, 0) is 6.18 Å². The maximum absolute atomic E-state index is 12.0. The Morgan fingerprint density at radius 1 is 1.33 bits per heavy atom. The average molecular weight is 214 g/mol. The lowest BCUT2D eigenvalue weighted by molar-refractivity contribution is -0.141. The molecule has 1 N–H and O–H groups in total. The molecule has 1 rings (SSSR count). The van der Waals surface area contributed by atoms with E-state index in [1.54, 1.807) is 0 Å². The van der Waals surface area contributed by atoms with Crippen molar-refractivity contribution < 1.29 is 13.2 Å². The number of aromatic nitrogens is 1. The van der Waals surface area contributed by atoms with E-state index < -0.39 is 11.9 Å². The van der Waals surface area contributed by atoms with Gasteiger partial charge in [0.25, 0.3) is 0 Å². The lowest BCUT2D eigenvalue weighted by Gasteiger charge is -2.05. The van der Waals surface area contributed by atoms with E-state index in [1.807, 2.05) is 4.98 Å². The highest BCUT2D eigenvalue weighted by atomic mass is 35.5. The van der Waals surface area contributed by atoms with Crippen LogP contribution in [0.25, 0.3) is 0 Å². The van der Waals surface area contributed by atoms with Crippen molar-refractivity contribution in [1.29, 1.82) is 0 Å². The lowest BCUT2D eigenvalue weighted by Crippen LogP contribution is -2.07. The first-order chi connectivity index (χ1) is 5.39. The molecular weight excluding hydrogens is 211 g/mol. The molecule has 1 nitrogen and oxygen atoms in total. The Morgan fingerprint density at radius 2 is 1.92 bits per heavy atom. The minimum absolute atomic E-state index is 0.0222. The molecule has 0 amide bonds. The predicted molar refractivity (Wildman–Crippen MR) is 41.6 cm³/mol. The minimum Gasteiger partial charge on any atom is -0.343 e. The number of hydrogen-bond donors (Lipinski definition) is 1. The van der Waals surface area contributed by atoms with E-state index in [0.717, 1.165) is 6.07 Å². The van der Waals surface area contributed by atoms with Crippen LogP contribution >= 0.6 is 23.8 Å². The van der Waals surface area contributed by atoms with Gasteiger partial charge in [0, 0.05) is 5.02 Å². The number of nitrogens with one attached hydrogen (secondary N) is 1. The van der Waals surface area contributed by atoms with E-state index in [-0.39, 0.29) is 9.66 Å². The molecule has 0 fully saturated rings. The molecule has 0 spiro atoms. The van der Waals surface area contributed by atoms with Crippen molar-refractivity contribution in [3.8, 4) is 0 Å². The molecule has 0 bridgehead atoms. The highest BCUT2D eigenvalue weighted by molar-refractivity contribution is 7.71. The zero-order chi connectivity index (χ0) is 9.35. The Kier molecular flexibility index (Phi) is 2.44. The standard InChI is InChI=1S/C6H3ClF3NS/c7-3-1-4(6(8,9)10)11-5(12)2-3/h1-2H,(H,11,12). The van der Waals surface area contributed by atoms with Crippen LogP contribution in [0.3, 0.4) is 0 Å². The summed E-state index contributed by atoms with van der Waals surface area (Å²) in [7, 11) is 0. The molecule has 0 aliphatic rings. The van der Waals surface area contributed by atoms with Gasteiger partial charge in [-0.2, -0.15) is 13.2 Å². The summed E-state index contributed by atoms with van der Waals surface area (Å²) < 4.78 is 36.0. The molecule has 1 aromatic heterocycles. The molecule has 1 aromatic rings. The maximum atomic E-state index is 12.0. The quantitative estimate of drug-likeness (QED) is 0.653. The van der Waals surface area contributed by atoms with E-state index >= 15 is 0 Å². The topological polar surface area (TPSA) is 15.8 Å². The fourth-order valence-electron chi connectivity index (χ4n) is 0.662. The van der Waals surface area contributed by atoms with Crippen LogP contribution in [-0.4, -0.2) is 4.98 Å². The van der Waals surface area contributed by atoms with Crippen molar-refractivity contribution >= 4 is 23.8 Å². The van der Waals surface area contributed by atoms with E-state index in [2.05, 4.69) is 12.2 Å². The van der Waals surface area contributed by atoms with Crippen LogP contribution in [0.5, 0.6) is 0 Å². The Balaban J connectivity index is 3.27. The smallest absolute Gasteiger partial charge is 0.343 e. The fraction of sp³-hybridized carbons (Fsp3) is 0.167. The summed E-state index contributed by atoms with van der Waals surface area (Å²) in [4.78, 5) is 1.99. The lowest BCUT2D eigenvalue weighted by atomic mass is 10.3. The largest absolute Gasteiger partial charge is 0.431 e. The first-order valence-electron chi connectivity index (χ1n) is 2.86. The molecule has 0 aliphatic carbocycles. The SMILES string of the molecule is FC(F)(F)c1cc(Cl)cc(=S)[nH]1. The third kappa shape index (κ3) is 2.22. The monoisotopic (exact) mass is 213 g/mol. The third-order valence-corrected chi connectivity index (χ3v) is 1.55. The van der Waals surface area contributed by atoms with Gasteiger partial charge in [0.2, 0.25) is 0 Å². The van der Waals surface area contributed by atoms with Crippen LogP contribution < -0.4 is 0 Å². The zero-order valence-corrected chi connectivity index (χ0v) is 7.15. The van der Waals surface area contributed by atoms with Crippen molar-refractivity contribution in [2.45, 2.75) is 6.18 Å². The van der Waals surface area contributed by atoms with Crippen molar-refractivity contribution in [3.05, 3.63) is 27.5 Å². The van der Waals surface area contributed by atoms with Gasteiger partial charge in [-0.3, -0.25) is 0 Å². The Labute approximate surface area is 76.2 Å². The molecule has 6 heteroatoms. The molecule has 0 aliphatic heterocycles. The van der Waals surface area contributed by atoms with Gasteiger partial charge in [-0.1, -0.05) is 23.8 Å². The number of hydrogen-bond acceptors (Lipinski definition) is 1. The summed E-state index contributed by atoms with van der Waals surface area (Å²) in [5.74, 6) is 0. The average Bonchev–Trinajstić information content (AvgIpc) is 1.82. The van der Waals surface area contributed by atoms with Gasteiger partial charge in [-0.05, 0) is 12.1 Å². The number of rotatable bonds is 0. The van der Waals surface area contributed by atoms with Crippen molar-refractivity contribution in [2.24, 2.45) is 0 Å². The predicted octanol–water partition coefficient (Wildman–Crippen LogP) is 3.42. The number of aromatic amines is 1. The molecule has 0 atom stereocenters. The van der Waals surface area contributed by atoms with E-state index in [4.69, 9.17) is 11.6 Å². The number of pyridine rings is 1. The molecule has 0 unspecified atom stereocenters. The molecule has 0 aromatic carbocycles. The Hall–Kier alpha value is -0.550. The highest BCUT2D eigenvalue weighted by Crippen LogP contribution is 2.28. The van der Waals surface area contributed by atoms with Crippen molar-refractivity contribution in [1.82, 2.24) is 4.98 Å². The molecule has 0 radical (unpaired) electrons. The molecule has 1 heterocycles. The van der Waals surface area contributed by atoms with E-state index in [9.17, 15) is 13.2 Å². The third-order valence-electron chi connectivity index (χ3n) is 1.11. The summed E-state index contributed by atoms with van der Waals surface area (Å²) in [5, 5.41) is -0.0222. The minimum atomic E-state index is -4.43. The van der Waals surface area contributed by atoms with Gasteiger partial charge >= 0.3 is 6.18 Å². The van der Waals surface area contributed by atoms with Gasteiger partial charge in [0.1, 0.15) is 10.3 Å². The van der Waals surface area contributed by atoms with Crippen LogP contribution in [0.15, 0.2) is 12.1 Å². The summed E-state index contributed by atoms with van der Waals surface area (Å²) >= 11 is 9.89. The molecule has 0 saturated carbocycles. The van der Waals surface area contributed by atoms with E-state index in [1.165, 1.54) is 6.07 Å². The first kappa shape index (κ1) is 9.54. The summed E-state index contributed by atoms with van der Waals surface area (Å²) in [6, 6.07) is 2.03. The van der Waals surface area contributed by atoms with Gasteiger partial charge in [0.15, 0.2) is 0 Å². The fourth-order valence-corrected chi connectivity index (χ4v) is 1.18. The molecule has 0 saturated heterocycles. The van der Waals surface area contributed by atoms with Gasteiger partial charge < -0.3 is 4.98 Å². The van der Waals surface area contributed by atoms with Crippen molar-refractivity contribution in [2.75, 3.05) is 0 Å². The second-order valence-corrected chi connectivity index (χ2v) is 2.95. The molecule has 12 heavy (non-hydrogen) atoms. The number of alkyl halides is 3. The van der Waals surface area contributed by atoms with Crippen LogP contribution in [0, 0.1) is 4.64 Å². The Bertz CT molecular complexity index is 343. The highest BCUT2D eigenvalue weighted by Gasteiger charge is 2.31. The van der Waals surface area contributed by atoms with Gasteiger partial charge in [-0.25, -0.2) is 0 Å². The van der Waals surface area contributed by atoms with Crippen LogP contribution in [0.1, 0.15) is 5.69 Å². The summed E-state index contributed by atoms with van der Waals surface area (Å²) in [5.41, 5.74) is -0.931. The molecular formula is C6H3ClF3NS. The van der Waals surface area contributed by atoms with Crippen molar-refractivity contribution in [3.63, 3.8) is 0 Å². The number of halogens is 4. The normalized spacial score (nSPS) is 11.7. The van der Waals surface area contributed by atoms with Gasteiger partial charge in [-0.15, -0.1) is 0 Å². The molecule has 66 valence electrons. The second kappa shape index (κ2) is 3.06. The second-order valence-electron chi connectivity index (χ2n) is 2.07. The Morgan fingerprint density at radius 3 is 2.33 bits per heavy atom. The van der Waals surface area contributed by atoms with Crippen LogP contribution in [0.4, 0.5) is 13.2 Å².